The van der Waals surface area contributed by atoms with Crippen LogP contribution >= 0.6 is 0 Å². The first-order valence-corrected chi connectivity index (χ1v) is 6.11. The summed E-state index contributed by atoms with van der Waals surface area (Å²) in [6.45, 7) is 4.06. The highest BCUT2D eigenvalue weighted by atomic mass is 16.5. The maximum Gasteiger partial charge on any atom is 0.191 e. The number of rotatable bonds is 2. The van der Waals surface area contributed by atoms with Gasteiger partial charge < -0.3 is 9.47 Å². The second-order valence-electron chi connectivity index (χ2n) is 4.90. The molecule has 2 aliphatic rings. The average Bonchev–Trinajstić information content (AvgIpc) is 2.95. The Morgan fingerprint density at radius 2 is 2.12 bits per heavy atom. The summed E-state index contributed by atoms with van der Waals surface area (Å²) in [4.78, 5) is 12.3. The Balaban J connectivity index is 1.86. The first kappa shape index (κ1) is 10.9. The number of fused-ring (bicyclic) bond motifs is 1. The quantitative estimate of drug-likeness (QED) is 0.734. The molecule has 3 nitrogen and oxygen atoms in total. The SMILES string of the molecule is CC1CCOC1C(=O)c1ccc2c(c1)COC2. The summed E-state index contributed by atoms with van der Waals surface area (Å²) in [7, 11) is 0. The van der Waals surface area contributed by atoms with Crippen LogP contribution in [-0.2, 0) is 22.7 Å². The molecular formula is C14H16O3. The number of benzene rings is 1. The van der Waals surface area contributed by atoms with Gasteiger partial charge in [0.15, 0.2) is 5.78 Å². The maximum absolute atomic E-state index is 12.3. The number of carbonyl (C=O) groups excluding carboxylic acids is 1. The van der Waals surface area contributed by atoms with Crippen molar-refractivity contribution in [2.45, 2.75) is 32.7 Å². The molecule has 0 spiro atoms. The summed E-state index contributed by atoms with van der Waals surface area (Å²) in [5, 5.41) is 0. The third-order valence-electron chi connectivity index (χ3n) is 3.65. The summed E-state index contributed by atoms with van der Waals surface area (Å²) >= 11 is 0. The van der Waals surface area contributed by atoms with Crippen LogP contribution in [0.1, 0.15) is 34.8 Å². The second-order valence-corrected chi connectivity index (χ2v) is 4.90. The van der Waals surface area contributed by atoms with E-state index in [1.807, 2.05) is 18.2 Å². The van der Waals surface area contributed by atoms with Gasteiger partial charge in [-0.3, -0.25) is 4.79 Å². The van der Waals surface area contributed by atoms with E-state index in [1.54, 1.807) is 0 Å². The van der Waals surface area contributed by atoms with Crippen LogP contribution in [0.4, 0.5) is 0 Å². The Labute approximate surface area is 101 Å². The Morgan fingerprint density at radius 1 is 1.29 bits per heavy atom. The minimum Gasteiger partial charge on any atom is -0.372 e. The van der Waals surface area contributed by atoms with Crippen LogP contribution in [-0.4, -0.2) is 18.5 Å². The molecule has 1 aromatic rings. The van der Waals surface area contributed by atoms with Gasteiger partial charge in [0.2, 0.25) is 0 Å². The van der Waals surface area contributed by atoms with Crippen LogP contribution < -0.4 is 0 Å². The monoisotopic (exact) mass is 232 g/mol. The highest BCUT2D eigenvalue weighted by Crippen LogP contribution is 2.26. The number of carbonyl (C=O) groups is 1. The van der Waals surface area contributed by atoms with Gasteiger partial charge in [0, 0.05) is 12.2 Å². The lowest BCUT2D eigenvalue weighted by atomic mass is 9.94. The molecule has 0 radical (unpaired) electrons. The van der Waals surface area contributed by atoms with Crippen LogP contribution in [0.5, 0.6) is 0 Å². The van der Waals surface area contributed by atoms with Gasteiger partial charge in [-0.15, -0.1) is 0 Å². The van der Waals surface area contributed by atoms with Crippen molar-refractivity contribution in [2.24, 2.45) is 5.92 Å². The molecule has 0 saturated carbocycles. The van der Waals surface area contributed by atoms with E-state index in [0.29, 0.717) is 25.7 Å². The molecule has 3 rings (SSSR count). The van der Waals surface area contributed by atoms with E-state index in [0.717, 1.165) is 17.5 Å². The van der Waals surface area contributed by atoms with E-state index in [-0.39, 0.29) is 11.9 Å². The number of ketones is 1. The predicted octanol–water partition coefficient (Wildman–Crippen LogP) is 2.32. The average molecular weight is 232 g/mol. The lowest BCUT2D eigenvalue weighted by Crippen LogP contribution is -2.25. The minimum absolute atomic E-state index is 0.115. The van der Waals surface area contributed by atoms with E-state index < -0.39 is 0 Å². The number of hydrogen-bond donors (Lipinski definition) is 0. The molecule has 2 aliphatic heterocycles. The summed E-state index contributed by atoms with van der Waals surface area (Å²) < 4.78 is 10.9. The van der Waals surface area contributed by atoms with Crippen molar-refractivity contribution in [3.05, 3.63) is 34.9 Å². The zero-order chi connectivity index (χ0) is 11.8. The summed E-state index contributed by atoms with van der Waals surface area (Å²) in [5.74, 6) is 0.441. The second kappa shape index (κ2) is 4.24. The molecule has 90 valence electrons. The fourth-order valence-corrected chi connectivity index (χ4v) is 2.52. The number of hydrogen-bond acceptors (Lipinski definition) is 3. The largest absolute Gasteiger partial charge is 0.372 e. The minimum atomic E-state index is -0.254. The molecule has 0 bridgehead atoms. The molecule has 0 aromatic heterocycles. The zero-order valence-corrected chi connectivity index (χ0v) is 9.94. The smallest absolute Gasteiger partial charge is 0.191 e. The Hall–Kier alpha value is -1.19. The van der Waals surface area contributed by atoms with Gasteiger partial charge in [0.05, 0.1) is 13.2 Å². The topological polar surface area (TPSA) is 35.5 Å². The lowest BCUT2D eigenvalue weighted by molar-refractivity contribution is 0.0579. The molecule has 1 fully saturated rings. The molecule has 0 N–H and O–H groups in total. The fraction of sp³-hybridized carbons (Fsp3) is 0.500. The van der Waals surface area contributed by atoms with Crippen molar-refractivity contribution in [2.75, 3.05) is 6.61 Å². The third-order valence-corrected chi connectivity index (χ3v) is 3.65. The van der Waals surface area contributed by atoms with Crippen LogP contribution in [0.25, 0.3) is 0 Å². The molecule has 0 amide bonds. The highest BCUT2D eigenvalue weighted by Gasteiger charge is 2.31. The predicted molar refractivity (Wildman–Crippen MR) is 62.8 cm³/mol. The van der Waals surface area contributed by atoms with Crippen LogP contribution in [0.15, 0.2) is 18.2 Å². The lowest BCUT2D eigenvalue weighted by Gasteiger charge is -2.13. The molecule has 3 heteroatoms. The standard InChI is InChI=1S/C14H16O3/c1-9-4-5-17-14(9)13(15)10-2-3-11-7-16-8-12(11)6-10/h2-3,6,9,14H,4-5,7-8H2,1H3. The van der Waals surface area contributed by atoms with Gasteiger partial charge >= 0.3 is 0 Å². The van der Waals surface area contributed by atoms with Crippen LogP contribution in [0, 0.1) is 5.92 Å². The van der Waals surface area contributed by atoms with Crippen molar-refractivity contribution >= 4 is 5.78 Å². The van der Waals surface area contributed by atoms with Gasteiger partial charge in [0.1, 0.15) is 6.10 Å². The van der Waals surface area contributed by atoms with E-state index in [1.165, 1.54) is 5.56 Å². The van der Waals surface area contributed by atoms with Gasteiger partial charge in [-0.25, -0.2) is 0 Å². The Bertz CT molecular complexity index is 453. The molecule has 1 aromatic carbocycles. The molecule has 2 unspecified atom stereocenters. The molecule has 0 aliphatic carbocycles. The van der Waals surface area contributed by atoms with Crippen molar-refractivity contribution in [3.8, 4) is 0 Å². The molecule has 2 heterocycles. The Morgan fingerprint density at radius 3 is 2.88 bits per heavy atom. The number of ether oxygens (including phenoxy) is 2. The van der Waals surface area contributed by atoms with Crippen molar-refractivity contribution in [3.63, 3.8) is 0 Å². The van der Waals surface area contributed by atoms with Crippen molar-refractivity contribution < 1.29 is 14.3 Å². The number of Topliss-reactive ketones (excluding diaryl/α,β-unsaturated/α-hetero) is 1. The van der Waals surface area contributed by atoms with Crippen molar-refractivity contribution in [1.29, 1.82) is 0 Å². The maximum atomic E-state index is 12.3. The summed E-state index contributed by atoms with van der Waals surface area (Å²) in [6, 6.07) is 5.85. The van der Waals surface area contributed by atoms with Crippen LogP contribution in [0.3, 0.4) is 0 Å². The third kappa shape index (κ3) is 1.90. The van der Waals surface area contributed by atoms with Crippen LogP contribution in [0.2, 0.25) is 0 Å². The van der Waals surface area contributed by atoms with E-state index in [2.05, 4.69) is 6.92 Å². The van der Waals surface area contributed by atoms with Crippen molar-refractivity contribution in [1.82, 2.24) is 0 Å². The fourth-order valence-electron chi connectivity index (χ4n) is 2.52. The molecule has 2 atom stereocenters. The van der Waals surface area contributed by atoms with E-state index >= 15 is 0 Å². The molecule has 17 heavy (non-hydrogen) atoms. The molecule has 1 saturated heterocycles. The first-order valence-electron chi connectivity index (χ1n) is 6.11. The Kier molecular flexibility index (Phi) is 2.73. The van der Waals surface area contributed by atoms with E-state index in [9.17, 15) is 4.79 Å². The summed E-state index contributed by atoms with van der Waals surface area (Å²) in [5.41, 5.74) is 3.09. The van der Waals surface area contributed by atoms with E-state index in [4.69, 9.17) is 9.47 Å². The summed E-state index contributed by atoms with van der Waals surface area (Å²) in [6.07, 6.45) is 0.722. The van der Waals surface area contributed by atoms with Gasteiger partial charge in [-0.1, -0.05) is 19.1 Å². The van der Waals surface area contributed by atoms with Gasteiger partial charge in [-0.2, -0.15) is 0 Å². The molecular weight excluding hydrogens is 216 g/mol. The first-order chi connectivity index (χ1) is 8.25. The van der Waals surface area contributed by atoms with Gasteiger partial charge in [0.25, 0.3) is 0 Å². The normalized spacial score (nSPS) is 27.1. The highest BCUT2D eigenvalue weighted by molar-refractivity contribution is 6.00. The zero-order valence-electron chi connectivity index (χ0n) is 9.94. The van der Waals surface area contributed by atoms with Gasteiger partial charge in [-0.05, 0) is 29.5 Å².